The lowest BCUT2D eigenvalue weighted by molar-refractivity contribution is 0.402. The molecule has 1 aromatic carbocycles. The van der Waals surface area contributed by atoms with Crippen molar-refractivity contribution in [3.05, 3.63) is 41.4 Å². The SMILES string of the molecule is C=CCC(NC)c1cc(Cl)ccc1OC. The summed E-state index contributed by atoms with van der Waals surface area (Å²) in [4.78, 5) is 0. The molecule has 1 unspecified atom stereocenters. The molecule has 0 saturated carbocycles. The molecule has 0 aliphatic rings. The molecule has 3 heteroatoms. The molecule has 0 amide bonds. The van der Waals surface area contributed by atoms with Crippen LogP contribution in [-0.2, 0) is 0 Å². The summed E-state index contributed by atoms with van der Waals surface area (Å²) in [6.07, 6.45) is 2.72. The molecule has 0 aliphatic heterocycles. The largest absolute Gasteiger partial charge is 0.496 e. The molecule has 1 atom stereocenters. The molecule has 1 N–H and O–H groups in total. The van der Waals surface area contributed by atoms with Crippen molar-refractivity contribution in [2.75, 3.05) is 14.2 Å². The molecule has 0 saturated heterocycles. The van der Waals surface area contributed by atoms with Crippen LogP contribution in [0.25, 0.3) is 0 Å². The van der Waals surface area contributed by atoms with Gasteiger partial charge in [-0.25, -0.2) is 0 Å². The second-order valence-corrected chi connectivity index (χ2v) is 3.69. The number of ether oxygens (including phenoxy) is 1. The van der Waals surface area contributed by atoms with Crippen molar-refractivity contribution >= 4 is 11.6 Å². The smallest absolute Gasteiger partial charge is 0.123 e. The molecule has 0 heterocycles. The number of methoxy groups -OCH3 is 1. The van der Waals surface area contributed by atoms with E-state index in [-0.39, 0.29) is 6.04 Å². The van der Waals surface area contributed by atoms with Gasteiger partial charge in [-0.1, -0.05) is 17.7 Å². The van der Waals surface area contributed by atoms with Gasteiger partial charge in [-0.05, 0) is 31.7 Å². The average Bonchev–Trinajstić information content (AvgIpc) is 2.26. The summed E-state index contributed by atoms with van der Waals surface area (Å²) in [5, 5.41) is 3.93. The van der Waals surface area contributed by atoms with Gasteiger partial charge in [-0.3, -0.25) is 0 Å². The van der Waals surface area contributed by atoms with Crippen LogP contribution in [0.15, 0.2) is 30.9 Å². The number of hydrogen-bond donors (Lipinski definition) is 1. The fourth-order valence-corrected chi connectivity index (χ4v) is 1.73. The summed E-state index contributed by atoms with van der Waals surface area (Å²) >= 11 is 5.97. The summed E-state index contributed by atoms with van der Waals surface area (Å²) < 4.78 is 5.30. The molecule has 0 fully saturated rings. The molecule has 2 nitrogen and oxygen atoms in total. The fraction of sp³-hybridized carbons (Fsp3) is 0.333. The lowest BCUT2D eigenvalue weighted by atomic mass is 10.0. The predicted molar refractivity (Wildman–Crippen MR) is 64.6 cm³/mol. The normalized spacial score (nSPS) is 12.2. The third-order valence-electron chi connectivity index (χ3n) is 2.32. The van der Waals surface area contributed by atoms with Crippen LogP contribution in [0.1, 0.15) is 18.0 Å². The monoisotopic (exact) mass is 225 g/mol. The predicted octanol–water partition coefficient (Wildman–Crippen LogP) is 3.19. The van der Waals surface area contributed by atoms with Crippen LogP contribution in [-0.4, -0.2) is 14.2 Å². The Balaban J connectivity index is 3.07. The molecular weight excluding hydrogens is 210 g/mol. The van der Waals surface area contributed by atoms with Gasteiger partial charge >= 0.3 is 0 Å². The third kappa shape index (κ3) is 2.98. The number of hydrogen-bond acceptors (Lipinski definition) is 2. The standard InChI is InChI=1S/C12H16ClNO/c1-4-5-11(14-2)10-8-9(13)6-7-12(10)15-3/h4,6-8,11,14H,1,5H2,2-3H3. The molecular formula is C12H16ClNO. The van der Waals surface area contributed by atoms with E-state index >= 15 is 0 Å². The highest BCUT2D eigenvalue weighted by molar-refractivity contribution is 6.30. The Kier molecular flexibility index (Phi) is 4.66. The Labute approximate surface area is 95.9 Å². The summed E-state index contributed by atoms with van der Waals surface area (Å²) in [7, 11) is 3.57. The summed E-state index contributed by atoms with van der Waals surface area (Å²) in [6.45, 7) is 3.74. The van der Waals surface area contributed by atoms with E-state index in [9.17, 15) is 0 Å². The zero-order valence-electron chi connectivity index (χ0n) is 9.09. The maximum Gasteiger partial charge on any atom is 0.123 e. The number of benzene rings is 1. The maximum absolute atomic E-state index is 5.97. The van der Waals surface area contributed by atoms with Crippen molar-refractivity contribution < 1.29 is 4.74 Å². The van der Waals surface area contributed by atoms with Gasteiger partial charge < -0.3 is 10.1 Å². The maximum atomic E-state index is 5.97. The lowest BCUT2D eigenvalue weighted by Gasteiger charge is -2.18. The van der Waals surface area contributed by atoms with Crippen LogP contribution in [0.5, 0.6) is 5.75 Å². The Morgan fingerprint density at radius 1 is 1.60 bits per heavy atom. The third-order valence-corrected chi connectivity index (χ3v) is 2.55. The highest BCUT2D eigenvalue weighted by Gasteiger charge is 2.13. The van der Waals surface area contributed by atoms with Crippen LogP contribution in [0.4, 0.5) is 0 Å². The molecule has 82 valence electrons. The van der Waals surface area contributed by atoms with Crippen molar-refractivity contribution in [3.8, 4) is 5.75 Å². The zero-order valence-corrected chi connectivity index (χ0v) is 9.84. The second-order valence-electron chi connectivity index (χ2n) is 3.25. The van der Waals surface area contributed by atoms with Gasteiger partial charge in [0.15, 0.2) is 0 Å². The molecule has 15 heavy (non-hydrogen) atoms. The van der Waals surface area contributed by atoms with Crippen molar-refractivity contribution in [1.82, 2.24) is 5.32 Å². The van der Waals surface area contributed by atoms with E-state index in [4.69, 9.17) is 16.3 Å². The Bertz CT molecular complexity index is 338. The van der Waals surface area contributed by atoms with Gasteiger partial charge in [0.2, 0.25) is 0 Å². The quantitative estimate of drug-likeness (QED) is 0.778. The van der Waals surface area contributed by atoms with Crippen molar-refractivity contribution in [3.63, 3.8) is 0 Å². The zero-order chi connectivity index (χ0) is 11.3. The summed E-state index contributed by atoms with van der Waals surface area (Å²) in [6, 6.07) is 5.82. The van der Waals surface area contributed by atoms with E-state index in [1.165, 1.54) is 0 Å². The molecule has 0 radical (unpaired) electrons. The van der Waals surface area contributed by atoms with E-state index < -0.39 is 0 Å². The Hall–Kier alpha value is -0.990. The van der Waals surface area contributed by atoms with E-state index in [1.54, 1.807) is 7.11 Å². The van der Waals surface area contributed by atoms with Gasteiger partial charge in [0.25, 0.3) is 0 Å². The minimum atomic E-state index is 0.191. The Morgan fingerprint density at radius 2 is 2.33 bits per heavy atom. The lowest BCUT2D eigenvalue weighted by Crippen LogP contribution is -2.16. The molecule has 0 spiro atoms. The first-order valence-electron chi connectivity index (χ1n) is 4.84. The first-order valence-corrected chi connectivity index (χ1v) is 5.22. The van der Waals surface area contributed by atoms with Gasteiger partial charge in [0.1, 0.15) is 5.75 Å². The van der Waals surface area contributed by atoms with Crippen molar-refractivity contribution in [2.24, 2.45) is 0 Å². The minimum absolute atomic E-state index is 0.191. The van der Waals surface area contributed by atoms with Crippen molar-refractivity contribution in [2.45, 2.75) is 12.5 Å². The van der Waals surface area contributed by atoms with E-state index in [2.05, 4.69) is 11.9 Å². The van der Waals surface area contributed by atoms with E-state index in [0.717, 1.165) is 22.8 Å². The minimum Gasteiger partial charge on any atom is -0.496 e. The van der Waals surface area contributed by atoms with Gasteiger partial charge in [-0.15, -0.1) is 6.58 Å². The van der Waals surface area contributed by atoms with Crippen LogP contribution < -0.4 is 10.1 Å². The van der Waals surface area contributed by atoms with E-state index in [0.29, 0.717) is 0 Å². The Morgan fingerprint density at radius 3 is 2.87 bits per heavy atom. The van der Waals surface area contributed by atoms with Gasteiger partial charge in [-0.2, -0.15) is 0 Å². The highest BCUT2D eigenvalue weighted by Crippen LogP contribution is 2.29. The molecule has 0 bridgehead atoms. The number of halogens is 1. The van der Waals surface area contributed by atoms with Crippen LogP contribution in [0.2, 0.25) is 5.02 Å². The number of rotatable bonds is 5. The van der Waals surface area contributed by atoms with Gasteiger partial charge in [0, 0.05) is 16.6 Å². The topological polar surface area (TPSA) is 21.3 Å². The second kappa shape index (κ2) is 5.79. The average molecular weight is 226 g/mol. The molecule has 0 aliphatic carbocycles. The first kappa shape index (κ1) is 12.1. The van der Waals surface area contributed by atoms with Crippen LogP contribution >= 0.6 is 11.6 Å². The molecule has 1 rings (SSSR count). The van der Waals surface area contributed by atoms with Crippen LogP contribution in [0.3, 0.4) is 0 Å². The highest BCUT2D eigenvalue weighted by atomic mass is 35.5. The summed E-state index contributed by atoms with van der Waals surface area (Å²) in [5.41, 5.74) is 1.06. The summed E-state index contributed by atoms with van der Waals surface area (Å²) in [5.74, 6) is 0.848. The fourth-order valence-electron chi connectivity index (χ4n) is 1.54. The van der Waals surface area contributed by atoms with E-state index in [1.807, 2.05) is 31.3 Å². The molecule has 0 aromatic heterocycles. The van der Waals surface area contributed by atoms with Crippen molar-refractivity contribution in [1.29, 1.82) is 0 Å². The van der Waals surface area contributed by atoms with Gasteiger partial charge in [0.05, 0.1) is 7.11 Å². The number of nitrogens with one attached hydrogen (secondary N) is 1. The molecule has 1 aromatic rings. The first-order chi connectivity index (χ1) is 7.22. The van der Waals surface area contributed by atoms with Crippen LogP contribution in [0, 0.1) is 0 Å².